The summed E-state index contributed by atoms with van der Waals surface area (Å²) in [4.78, 5) is 13.3. The molecule has 1 aliphatic carbocycles. The Morgan fingerprint density at radius 2 is 1.61 bits per heavy atom. The SMILES string of the molecule is COc1cccc(OC)c1C(=O)P(=O)(C(C)C)C1CCCCC1. The predicted octanol–water partition coefficient (Wildman–Crippen LogP) is 4.95. The van der Waals surface area contributed by atoms with E-state index < -0.39 is 7.14 Å². The van der Waals surface area contributed by atoms with Crippen molar-refractivity contribution < 1.29 is 18.8 Å². The molecule has 1 aromatic rings. The molecule has 4 nitrogen and oxygen atoms in total. The average molecular weight is 338 g/mol. The van der Waals surface area contributed by atoms with Crippen molar-refractivity contribution in [3.05, 3.63) is 23.8 Å². The van der Waals surface area contributed by atoms with E-state index in [1.165, 1.54) is 20.6 Å². The van der Waals surface area contributed by atoms with E-state index in [-0.39, 0.29) is 16.8 Å². The second-order valence-corrected chi connectivity index (χ2v) is 10.0. The van der Waals surface area contributed by atoms with Crippen LogP contribution in [0, 0.1) is 0 Å². The topological polar surface area (TPSA) is 52.6 Å². The van der Waals surface area contributed by atoms with E-state index in [9.17, 15) is 9.36 Å². The fourth-order valence-electron chi connectivity index (χ4n) is 3.52. The van der Waals surface area contributed by atoms with Gasteiger partial charge in [-0.1, -0.05) is 39.2 Å². The van der Waals surface area contributed by atoms with Crippen LogP contribution in [0.15, 0.2) is 18.2 Å². The first-order valence-corrected chi connectivity index (χ1v) is 10.2. The van der Waals surface area contributed by atoms with Gasteiger partial charge in [-0.25, -0.2) is 0 Å². The molecular weight excluding hydrogens is 311 g/mol. The summed E-state index contributed by atoms with van der Waals surface area (Å²) >= 11 is 0. The maximum Gasteiger partial charge on any atom is 0.229 e. The Labute approximate surface area is 138 Å². The molecule has 1 saturated carbocycles. The molecule has 1 unspecified atom stereocenters. The van der Waals surface area contributed by atoms with Crippen LogP contribution in [0.1, 0.15) is 56.3 Å². The van der Waals surface area contributed by atoms with Crippen LogP contribution < -0.4 is 9.47 Å². The molecule has 2 rings (SSSR count). The van der Waals surface area contributed by atoms with Gasteiger partial charge in [0.15, 0.2) is 7.14 Å². The summed E-state index contributed by atoms with van der Waals surface area (Å²) in [6.45, 7) is 3.80. The minimum Gasteiger partial charge on any atom is -0.496 e. The first-order valence-electron chi connectivity index (χ1n) is 8.32. The van der Waals surface area contributed by atoms with E-state index in [1.54, 1.807) is 18.2 Å². The molecule has 0 saturated heterocycles. The van der Waals surface area contributed by atoms with Gasteiger partial charge >= 0.3 is 0 Å². The van der Waals surface area contributed by atoms with E-state index in [0.717, 1.165) is 25.7 Å². The lowest BCUT2D eigenvalue weighted by atomic mass is 10.0. The van der Waals surface area contributed by atoms with Crippen molar-refractivity contribution in [3.63, 3.8) is 0 Å². The zero-order valence-corrected chi connectivity index (χ0v) is 15.4. The van der Waals surface area contributed by atoms with Gasteiger partial charge in [-0.3, -0.25) is 4.79 Å². The summed E-state index contributed by atoms with van der Waals surface area (Å²) in [5.41, 5.74) is -0.139. The Hall–Kier alpha value is -1.28. The standard InChI is InChI=1S/C18H27O4P/c1-13(2)23(20,14-9-6-5-7-10-14)18(19)17-15(21-3)11-8-12-16(17)22-4/h8,11-14H,5-7,9-10H2,1-4H3. The molecule has 23 heavy (non-hydrogen) atoms. The fraction of sp³-hybridized carbons (Fsp3) is 0.611. The molecule has 0 aromatic heterocycles. The highest BCUT2D eigenvalue weighted by atomic mass is 31.2. The van der Waals surface area contributed by atoms with Gasteiger partial charge in [-0.05, 0) is 25.0 Å². The van der Waals surface area contributed by atoms with Crippen LogP contribution >= 0.6 is 7.14 Å². The monoisotopic (exact) mass is 338 g/mol. The number of hydrogen-bond acceptors (Lipinski definition) is 4. The first-order chi connectivity index (χ1) is 11.0. The second-order valence-electron chi connectivity index (χ2n) is 6.44. The van der Waals surface area contributed by atoms with Crippen LogP contribution in [0.5, 0.6) is 11.5 Å². The maximum atomic E-state index is 13.8. The Kier molecular flexibility index (Phi) is 5.91. The third-order valence-electron chi connectivity index (χ3n) is 4.84. The third-order valence-corrected chi connectivity index (χ3v) is 8.84. The normalized spacial score (nSPS) is 18.5. The van der Waals surface area contributed by atoms with Gasteiger partial charge in [-0.15, -0.1) is 0 Å². The highest BCUT2D eigenvalue weighted by Gasteiger charge is 2.45. The van der Waals surface area contributed by atoms with Gasteiger partial charge in [0.05, 0.1) is 14.2 Å². The molecule has 128 valence electrons. The van der Waals surface area contributed by atoms with Gasteiger partial charge < -0.3 is 14.0 Å². The van der Waals surface area contributed by atoms with Crippen molar-refractivity contribution in [2.24, 2.45) is 0 Å². The molecule has 1 atom stereocenters. The molecule has 0 heterocycles. The van der Waals surface area contributed by atoms with Gasteiger partial charge in [0, 0.05) is 11.3 Å². The molecule has 0 bridgehead atoms. The van der Waals surface area contributed by atoms with E-state index in [2.05, 4.69) is 0 Å². The summed E-state index contributed by atoms with van der Waals surface area (Å²) in [5, 5.41) is 0. The highest BCUT2D eigenvalue weighted by molar-refractivity contribution is 7.82. The lowest BCUT2D eigenvalue weighted by molar-refractivity contribution is 0.106. The van der Waals surface area contributed by atoms with Gasteiger partial charge in [-0.2, -0.15) is 0 Å². The number of methoxy groups -OCH3 is 2. The molecular formula is C18H27O4P. The fourth-order valence-corrected chi connectivity index (χ4v) is 6.87. The van der Waals surface area contributed by atoms with Gasteiger partial charge in [0.1, 0.15) is 17.1 Å². The smallest absolute Gasteiger partial charge is 0.229 e. The van der Waals surface area contributed by atoms with Crippen LogP contribution in [0.2, 0.25) is 0 Å². The van der Waals surface area contributed by atoms with E-state index in [4.69, 9.17) is 9.47 Å². The molecule has 5 heteroatoms. The van der Waals surface area contributed by atoms with Crippen LogP contribution in [0.25, 0.3) is 0 Å². The molecule has 0 N–H and O–H groups in total. The number of ether oxygens (including phenoxy) is 2. The summed E-state index contributed by atoms with van der Waals surface area (Å²) in [6, 6.07) is 5.22. The Morgan fingerprint density at radius 3 is 2.04 bits per heavy atom. The van der Waals surface area contributed by atoms with Gasteiger partial charge in [0.25, 0.3) is 0 Å². The average Bonchev–Trinajstić information content (AvgIpc) is 2.60. The largest absolute Gasteiger partial charge is 0.496 e. The van der Waals surface area contributed by atoms with Crippen molar-refractivity contribution in [2.75, 3.05) is 14.2 Å². The maximum absolute atomic E-state index is 13.8. The molecule has 0 aliphatic heterocycles. The summed E-state index contributed by atoms with van der Waals surface area (Å²) < 4.78 is 24.5. The number of carbonyl (C=O) groups excluding carboxylic acids is 1. The van der Waals surface area contributed by atoms with Crippen molar-refractivity contribution in [3.8, 4) is 11.5 Å². The highest BCUT2D eigenvalue weighted by Crippen LogP contribution is 2.62. The second kappa shape index (κ2) is 7.53. The minimum atomic E-state index is -3.06. The summed E-state index contributed by atoms with van der Waals surface area (Å²) in [5.74, 6) is 0.872. The third kappa shape index (κ3) is 3.33. The lowest BCUT2D eigenvalue weighted by Crippen LogP contribution is -2.24. The zero-order valence-electron chi connectivity index (χ0n) is 14.5. The predicted molar refractivity (Wildman–Crippen MR) is 93.5 cm³/mol. The van der Waals surface area contributed by atoms with Crippen LogP contribution in [0.4, 0.5) is 0 Å². The van der Waals surface area contributed by atoms with Crippen LogP contribution in [0.3, 0.4) is 0 Å². The summed E-state index contributed by atoms with van der Waals surface area (Å²) in [7, 11) is -0.0182. The van der Waals surface area contributed by atoms with E-state index in [1.807, 2.05) is 13.8 Å². The molecule has 1 fully saturated rings. The van der Waals surface area contributed by atoms with Crippen molar-refractivity contribution in [2.45, 2.75) is 57.3 Å². The number of hydrogen-bond donors (Lipinski definition) is 0. The molecule has 0 radical (unpaired) electrons. The Morgan fingerprint density at radius 1 is 1.09 bits per heavy atom. The number of rotatable bonds is 6. The van der Waals surface area contributed by atoms with Crippen molar-refractivity contribution >= 4 is 12.7 Å². The minimum absolute atomic E-state index is 0.0154. The number of carbonyl (C=O) groups is 1. The molecule has 0 spiro atoms. The Balaban J connectivity index is 2.53. The number of benzene rings is 1. The van der Waals surface area contributed by atoms with Crippen molar-refractivity contribution in [1.29, 1.82) is 0 Å². The lowest BCUT2D eigenvalue weighted by Gasteiger charge is -2.32. The van der Waals surface area contributed by atoms with E-state index >= 15 is 0 Å². The van der Waals surface area contributed by atoms with E-state index in [0.29, 0.717) is 17.1 Å². The summed E-state index contributed by atoms with van der Waals surface area (Å²) in [6.07, 6.45) is 5.02. The molecule has 0 amide bonds. The Bertz CT molecular complexity index is 581. The molecule has 1 aromatic carbocycles. The van der Waals surface area contributed by atoms with Crippen LogP contribution in [-0.2, 0) is 4.57 Å². The molecule has 1 aliphatic rings. The zero-order chi connectivity index (χ0) is 17.0. The quantitative estimate of drug-likeness (QED) is 0.689. The van der Waals surface area contributed by atoms with Crippen LogP contribution in [-0.4, -0.2) is 31.1 Å². The first kappa shape index (κ1) is 18.1. The van der Waals surface area contributed by atoms with Gasteiger partial charge in [0.2, 0.25) is 5.52 Å². The van der Waals surface area contributed by atoms with Crippen molar-refractivity contribution in [1.82, 2.24) is 0 Å².